The molecule has 0 heterocycles. The van der Waals surface area contributed by atoms with E-state index in [1.54, 1.807) is 14.2 Å². The van der Waals surface area contributed by atoms with Gasteiger partial charge in [-0.3, -0.25) is 0 Å². The standard InChI is InChI=1S/C10H15O3P/c1-11-14(12-2)13-9-8-10-6-4-3-5-7-10/h3-7H,8-9H2,1-2H3. The summed E-state index contributed by atoms with van der Waals surface area (Å²) >= 11 is 0. The summed E-state index contributed by atoms with van der Waals surface area (Å²) in [6, 6.07) is 10.2. The summed E-state index contributed by atoms with van der Waals surface area (Å²) in [6.07, 6.45) is 0.881. The molecule has 0 saturated heterocycles. The predicted molar refractivity (Wildman–Crippen MR) is 57.0 cm³/mol. The van der Waals surface area contributed by atoms with Gasteiger partial charge in [-0.15, -0.1) is 0 Å². The third-order valence-corrected chi connectivity index (χ3v) is 2.72. The lowest BCUT2D eigenvalue weighted by Crippen LogP contribution is -1.96. The highest BCUT2D eigenvalue weighted by atomic mass is 31.2. The highest BCUT2D eigenvalue weighted by Gasteiger charge is 2.06. The zero-order valence-electron chi connectivity index (χ0n) is 8.47. The second-order valence-corrected chi connectivity index (χ2v) is 4.09. The molecule has 1 aromatic carbocycles. The van der Waals surface area contributed by atoms with Crippen molar-refractivity contribution in [2.24, 2.45) is 0 Å². The van der Waals surface area contributed by atoms with Crippen LogP contribution in [-0.4, -0.2) is 20.8 Å². The Morgan fingerprint density at radius 2 is 1.71 bits per heavy atom. The van der Waals surface area contributed by atoms with Crippen molar-refractivity contribution in [1.29, 1.82) is 0 Å². The normalized spacial score (nSPS) is 10.8. The van der Waals surface area contributed by atoms with E-state index in [4.69, 9.17) is 13.6 Å². The molecule has 4 heteroatoms. The minimum atomic E-state index is -1.15. The first kappa shape index (κ1) is 11.6. The van der Waals surface area contributed by atoms with E-state index in [1.165, 1.54) is 5.56 Å². The van der Waals surface area contributed by atoms with Gasteiger partial charge in [-0.25, -0.2) is 0 Å². The first-order valence-corrected chi connectivity index (χ1v) is 5.51. The average molecular weight is 214 g/mol. The Morgan fingerprint density at radius 3 is 2.29 bits per heavy atom. The van der Waals surface area contributed by atoms with E-state index < -0.39 is 8.60 Å². The molecule has 0 aliphatic carbocycles. The molecule has 0 saturated carbocycles. The lowest BCUT2D eigenvalue weighted by molar-refractivity contribution is 0.208. The minimum Gasteiger partial charge on any atom is -0.316 e. The van der Waals surface area contributed by atoms with Crippen LogP contribution in [0, 0.1) is 0 Å². The van der Waals surface area contributed by atoms with Crippen LogP contribution in [0.4, 0.5) is 0 Å². The Kier molecular flexibility index (Phi) is 5.72. The van der Waals surface area contributed by atoms with Crippen LogP contribution in [0.1, 0.15) is 5.56 Å². The monoisotopic (exact) mass is 214 g/mol. The van der Waals surface area contributed by atoms with Crippen molar-refractivity contribution < 1.29 is 13.6 Å². The van der Waals surface area contributed by atoms with Crippen molar-refractivity contribution in [2.45, 2.75) is 6.42 Å². The molecule has 0 spiro atoms. The van der Waals surface area contributed by atoms with Crippen molar-refractivity contribution >= 4 is 8.60 Å². The number of hydrogen-bond acceptors (Lipinski definition) is 3. The molecule has 3 nitrogen and oxygen atoms in total. The molecule has 1 aromatic rings. The zero-order valence-corrected chi connectivity index (χ0v) is 9.37. The fraction of sp³-hybridized carbons (Fsp3) is 0.400. The van der Waals surface area contributed by atoms with Gasteiger partial charge < -0.3 is 13.6 Å². The maximum absolute atomic E-state index is 5.36. The third-order valence-electron chi connectivity index (χ3n) is 1.73. The molecule has 0 unspecified atom stereocenters. The van der Waals surface area contributed by atoms with Gasteiger partial charge in [0.25, 0.3) is 0 Å². The van der Waals surface area contributed by atoms with Crippen LogP contribution in [0.2, 0.25) is 0 Å². The van der Waals surface area contributed by atoms with Crippen LogP contribution in [0.15, 0.2) is 30.3 Å². The summed E-state index contributed by atoms with van der Waals surface area (Å²) in [5, 5.41) is 0. The Balaban J connectivity index is 2.21. The Hall–Kier alpha value is -0.470. The SMILES string of the molecule is COP(OC)OCCc1ccccc1. The van der Waals surface area contributed by atoms with Crippen LogP contribution in [0.3, 0.4) is 0 Å². The second-order valence-electron chi connectivity index (χ2n) is 2.66. The van der Waals surface area contributed by atoms with E-state index in [9.17, 15) is 0 Å². The second kappa shape index (κ2) is 6.91. The highest BCUT2D eigenvalue weighted by Crippen LogP contribution is 2.36. The maximum atomic E-state index is 5.36. The van der Waals surface area contributed by atoms with Crippen molar-refractivity contribution in [2.75, 3.05) is 20.8 Å². The van der Waals surface area contributed by atoms with E-state index in [-0.39, 0.29) is 0 Å². The first-order chi connectivity index (χ1) is 6.86. The molecule has 0 N–H and O–H groups in total. The average Bonchev–Trinajstić information content (AvgIpc) is 2.26. The quantitative estimate of drug-likeness (QED) is 0.681. The molecular formula is C10H15O3P. The van der Waals surface area contributed by atoms with E-state index >= 15 is 0 Å². The third kappa shape index (κ3) is 4.16. The summed E-state index contributed by atoms with van der Waals surface area (Å²) < 4.78 is 15.3. The van der Waals surface area contributed by atoms with Gasteiger partial charge in [0, 0.05) is 14.2 Å². The van der Waals surface area contributed by atoms with Crippen molar-refractivity contribution in [1.82, 2.24) is 0 Å². The molecule has 78 valence electrons. The largest absolute Gasteiger partial charge is 0.332 e. The lowest BCUT2D eigenvalue weighted by atomic mass is 10.2. The smallest absolute Gasteiger partial charge is 0.316 e. The van der Waals surface area contributed by atoms with Crippen LogP contribution < -0.4 is 0 Å². The molecule has 0 aliphatic rings. The summed E-state index contributed by atoms with van der Waals surface area (Å²) in [5.74, 6) is 0. The summed E-state index contributed by atoms with van der Waals surface area (Å²) in [5.41, 5.74) is 1.26. The van der Waals surface area contributed by atoms with E-state index in [1.807, 2.05) is 18.2 Å². The van der Waals surface area contributed by atoms with Crippen molar-refractivity contribution in [3.05, 3.63) is 35.9 Å². The van der Waals surface area contributed by atoms with Crippen LogP contribution >= 0.6 is 8.60 Å². The van der Waals surface area contributed by atoms with Gasteiger partial charge in [0.05, 0.1) is 6.61 Å². The van der Waals surface area contributed by atoms with Crippen LogP contribution in [0.25, 0.3) is 0 Å². The van der Waals surface area contributed by atoms with Gasteiger partial charge in [0.1, 0.15) is 0 Å². The fourth-order valence-corrected chi connectivity index (χ4v) is 1.66. The summed E-state index contributed by atoms with van der Waals surface area (Å²) in [7, 11) is 2.01. The topological polar surface area (TPSA) is 27.7 Å². The summed E-state index contributed by atoms with van der Waals surface area (Å²) in [6.45, 7) is 0.622. The highest BCUT2D eigenvalue weighted by molar-refractivity contribution is 7.41. The molecule has 0 amide bonds. The van der Waals surface area contributed by atoms with Gasteiger partial charge in [0.15, 0.2) is 0 Å². The zero-order chi connectivity index (χ0) is 10.2. The molecule has 0 radical (unpaired) electrons. The van der Waals surface area contributed by atoms with Crippen molar-refractivity contribution in [3.63, 3.8) is 0 Å². The number of rotatable bonds is 6. The molecule has 0 fully saturated rings. The first-order valence-electron chi connectivity index (χ1n) is 4.42. The van der Waals surface area contributed by atoms with Crippen LogP contribution in [-0.2, 0) is 20.0 Å². The van der Waals surface area contributed by atoms with E-state index in [0.717, 1.165) is 6.42 Å². The Morgan fingerprint density at radius 1 is 1.07 bits per heavy atom. The van der Waals surface area contributed by atoms with Gasteiger partial charge in [0.2, 0.25) is 0 Å². The van der Waals surface area contributed by atoms with Gasteiger partial charge >= 0.3 is 8.60 Å². The van der Waals surface area contributed by atoms with Crippen molar-refractivity contribution in [3.8, 4) is 0 Å². The molecule has 0 bridgehead atoms. The number of hydrogen-bond donors (Lipinski definition) is 0. The molecule has 1 rings (SSSR count). The Bertz CT molecular complexity index is 236. The predicted octanol–water partition coefficient (Wildman–Crippen LogP) is 2.77. The van der Waals surface area contributed by atoms with Crippen LogP contribution in [0.5, 0.6) is 0 Å². The summed E-state index contributed by atoms with van der Waals surface area (Å²) in [4.78, 5) is 0. The molecule has 14 heavy (non-hydrogen) atoms. The fourth-order valence-electron chi connectivity index (χ4n) is 1.06. The maximum Gasteiger partial charge on any atom is 0.332 e. The van der Waals surface area contributed by atoms with E-state index in [0.29, 0.717) is 6.61 Å². The van der Waals surface area contributed by atoms with E-state index in [2.05, 4.69) is 12.1 Å². The van der Waals surface area contributed by atoms with Gasteiger partial charge in [-0.05, 0) is 12.0 Å². The molecular weight excluding hydrogens is 199 g/mol. The molecule has 0 aliphatic heterocycles. The minimum absolute atomic E-state index is 0.622. The molecule has 0 aromatic heterocycles. The van der Waals surface area contributed by atoms with Gasteiger partial charge in [-0.2, -0.15) is 0 Å². The Labute approximate surface area is 86.0 Å². The van der Waals surface area contributed by atoms with Gasteiger partial charge in [-0.1, -0.05) is 30.3 Å². The molecule has 0 atom stereocenters. The number of benzene rings is 1. The lowest BCUT2D eigenvalue weighted by Gasteiger charge is -2.11.